The number of fused-ring (bicyclic) bond motifs is 1. The van der Waals surface area contributed by atoms with Crippen molar-refractivity contribution in [3.63, 3.8) is 0 Å². The van der Waals surface area contributed by atoms with Gasteiger partial charge in [0, 0.05) is 10.6 Å². The molecule has 0 spiro atoms. The minimum Gasteiger partial charge on any atom is -0.350 e. The Morgan fingerprint density at radius 2 is 2.25 bits per heavy atom. The van der Waals surface area contributed by atoms with Gasteiger partial charge < -0.3 is 5.32 Å². The molecule has 4 nitrogen and oxygen atoms in total. The first-order chi connectivity index (χ1) is 9.83. The summed E-state index contributed by atoms with van der Waals surface area (Å²) in [6.07, 6.45) is 6.38. The van der Waals surface area contributed by atoms with Crippen LogP contribution in [-0.2, 0) is 30.6 Å². The van der Waals surface area contributed by atoms with Gasteiger partial charge in [-0.05, 0) is 42.7 Å². The van der Waals surface area contributed by atoms with Crippen LogP contribution in [0.4, 0.5) is 0 Å². The molecular weight excluding hydrogens is 270 g/mol. The molecule has 0 radical (unpaired) electrons. The molecule has 0 unspecified atom stereocenters. The number of aromatic amines is 1. The van der Waals surface area contributed by atoms with E-state index in [9.17, 15) is 4.79 Å². The van der Waals surface area contributed by atoms with E-state index in [2.05, 4.69) is 15.5 Å². The van der Waals surface area contributed by atoms with E-state index in [0.717, 1.165) is 23.4 Å². The van der Waals surface area contributed by atoms with Crippen molar-refractivity contribution in [2.75, 3.05) is 0 Å². The molecule has 2 aromatic heterocycles. The molecule has 1 aliphatic rings. The number of aromatic nitrogens is 2. The number of hydrogen-bond acceptors (Lipinski definition) is 3. The van der Waals surface area contributed by atoms with Crippen LogP contribution in [0.5, 0.6) is 0 Å². The monoisotopic (exact) mass is 289 g/mol. The molecule has 3 rings (SSSR count). The largest absolute Gasteiger partial charge is 0.350 e. The zero-order valence-electron chi connectivity index (χ0n) is 11.4. The lowest BCUT2D eigenvalue weighted by Crippen LogP contribution is -2.24. The molecule has 0 saturated carbocycles. The Morgan fingerprint density at radius 3 is 3.10 bits per heavy atom. The normalized spacial score (nSPS) is 14.6. The Hall–Kier alpha value is -1.62. The van der Waals surface area contributed by atoms with Crippen molar-refractivity contribution < 1.29 is 4.79 Å². The summed E-state index contributed by atoms with van der Waals surface area (Å²) in [7, 11) is 0. The topological polar surface area (TPSA) is 57.8 Å². The van der Waals surface area contributed by atoms with Gasteiger partial charge in [-0.1, -0.05) is 12.5 Å². The molecule has 0 saturated heterocycles. The maximum Gasteiger partial charge on any atom is 0.225 e. The average molecular weight is 289 g/mol. The standard InChI is InChI=1S/C15H19N3OS/c19-15(9-11-5-4-8-20-11)16-10-14-12-6-2-1-3-7-13(12)17-18-14/h4-5,8H,1-3,6-7,9-10H2,(H,16,19)(H,17,18). The summed E-state index contributed by atoms with van der Waals surface area (Å²) in [5.74, 6) is 0.0674. The number of hydrogen-bond donors (Lipinski definition) is 2. The van der Waals surface area contributed by atoms with Crippen molar-refractivity contribution in [2.24, 2.45) is 0 Å². The van der Waals surface area contributed by atoms with E-state index < -0.39 is 0 Å². The van der Waals surface area contributed by atoms with E-state index in [1.807, 2.05) is 17.5 Å². The van der Waals surface area contributed by atoms with Gasteiger partial charge >= 0.3 is 0 Å². The maximum absolute atomic E-state index is 11.9. The highest BCUT2D eigenvalue weighted by Crippen LogP contribution is 2.21. The van der Waals surface area contributed by atoms with E-state index in [1.54, 1.807) is 11.3 Å². The summed E-state index contributed by atoms with van der Waals surface area (Å²) >= 11 is 1.62. The predicted molar refractivity (Wildman–Crippen MR) is 79.7 cm³/mol. The van der Waals surface area contributed by atoms with Gasteiger partial charge in [-0.15, -0.1) is 11.3 Å². The lowest BCUT2D eigenvalue weighted by Gasteiger charge is -2.04. The second-order valence-electron chi connectivity index (χ2n) is 5.22. The minimum absolute atomic E-state index is 0.0674. The quantitative estimate of drug-likeness (QED) is 0.850. The summed E-state index contributed by atoms with van der Waals surface area (Å²) in [5.41, 5.74) is 3.62. The summed E-state index contributed by atoms with van der Waals surface area (Å²) in [6.45, 7) is 0.538. The number of aryl methyl sites for hydroxylation is 1. The van der Waals surface area contributed by atoms with Crippen LogP contribution in [0, 0.1) is 0 Å². The molecule has 2 N–H and O–H groups in total. The molecule has 5 heteroatoms. The van der Waals surface area contributed by atoms with Crippen molar-refractivity contribution in [3.05, 3.63) is 39.3 Å². The smallest absolute Gasteiger partial charge is 0.225 e. The Morgan fingerprint density at radius 1 is 1.35 bits per heavy atom. The number of rotatable bonds is 4. The van der Waals surface area contributed by atoms with Crippen molar-refractivity contribution in [2.45, 2.75) is 45.1 Å². The molecule has 2 aromatic rings. The van der Waals surface area contributed by atoms with E-state index in [4.69, 9.17) is 0 Å². The van der Waals surface area contributed by atoms with Crippen molar-refractivity contribution in [1.29, 1.82) is 0 Å². The third kappa shape index (κ3) is 3.10. The average Bonchev–Trinajstić information content (AvgIpc) is 3.02. The highest BCUT2D eigenvalue weighted by Gasteiger charge is 2.16. The molecular formula is C15H19N3OS. The van der Waals surface area contributed by atoms with Gasteiger partial charge in [0.1, 0.15) is 0 Å². The van der Waals surface area contributed by atoms with Gasteiger partial charge in [-0.25, -0.2) is 0 Å². The molecule has 1 amide bonds. The SMILES string of the molecule is O=C(Cc1cccs1)NCc1n[nH]c2c1CCCCC2. The van der Waals surface area contributed by atoms with Gasteiger partial charge in [-0.3, -0.25) is 9.89 Å². The van der Waals surface area contributed by atoms with Crippen LogP contribution in [0.25, 0.3) is 0 Å². The van der Waals surface area contributed by atoms with Crippen molar-refractivity contribution >= 4 is 17.2 Å². The fourth-order valence-corrected chi connectivity index (χ4v) is 3.39. The van der Waals surface area contributed by atoms with E-state index in [1.165, 1.54) is 30.5 Å². The van der Waals surface area contributed by atoms with Crippen LogP contribution >= 0.6 is 11.3 Å². The molecule has 2 heterocycles. The molecule has 0 fully saturated rings. The highest BCUT2D eigenvalue weighted by atomic mass is 32.1. The van der Waals surface area contributed by atoms with Crippen LogP contribution in [-0.4, -0.2) is 16.1 Å². The van der Waals surface area contributed by atoms with Crippen LogP contribution in [0.2, 0.25) is 0 Å². The van der Waals surface area contributed by atoms with Crippen LogP contribution in [0.1, 0.15) is 41.1 Å². The zero-order valence-corrected chi connectivity index (χ0v) is 12.3. The van der Waals surface area contributed by atoms with Crippen LogP contribution < -0.4 is 5.32 Å². The minimum atomic E-state index is 0.0674. The van der Waals surface area contributed by atoms with E-state index >= 15 is 0 Å². The van der Waals surface area contributed by atoms with Crippen LogP contribution in [0.15, 0.2) is 17.5 Å². The van der Waals surface area contributed by atoms with Gasteiger partial charge in [-0.2, -0.15) is 5.10 Å². The molecule has 0 atom stereocenters. The first-order valence-electron chi connectivity index (χ1n) is 7.17. The number of carbonyl (C=O) groups excluding carboxylic acids is 1. The number of thiophene rings is 1. The molecule has 1 aliphatic carbocycles. The lowest BCUT2D eigenvalue weighted by molar-refractivity contribution is -0.120. The predicted octanol–water partition coefficient (Wildman–Crippen LogP) is 2.60. The van der Waals surface area contributed by atoms with Gasteiger partial charge in [0.2, 0.25) is 5.91 Å². The molecule has 0 bridgehead atoms. The van der Waals surface area contributed by atoms with E-state index in [0.29, 0.717) is 13.0 Å². The maximum atomic E-state index is 11.9. The number of H-pyrrole nitrogens is 1. The van der Waals surface area contributed by atoms with Crippen molar-refractivity contribution in [1.82, 2.24) is 15.5 Å². The molecule has 106 valence electrons. The fraction of sp³-hybridized carbons (Fsp3) is 0.467. The number of carbonyl (C=O) groups is 1. The molecule has 0 aliphatic heterocycles. The third-order valence-electron chi connectivity index (χ3n) is 3.76. The van der Waals surface area contributed by atoms with E-state index in [-0.39, 0.29) is 5.91 Å². The summed E-state index contributed by atoms with van der Waals surface area (Å²) < 4.78 is 0. The molecule has 20 heavy (non-hydrogen) atoms. The van der Waals surface area contributed by atoms with Gasteiger partial charge in [0.15, 0.2) is 0 Å². The lowest BCUT2D eigenvalue weighted by atomic mass is 10.1. The Kier molecular flexibility index (Phi) is 4.16. The first kappa shape index (κ1) is 13.4. The number of nitrogens with one attached hydrogen (secondary N) is 2. The Balaban J connectivity index is 1.58. The highest BCUT2D eigenvalue weighted by molar-refractivity contribution is 7.10. The van der Waals surface area contributed by atoms with Crippen molar-refractivity contribution in [3.8, 4) is 0 Å². The molecule has 0 aromatic carbocycles. The summed E-state index contributed by atoms with van der Waals surface area (Å²) in [4.78, 5) is 13.0. The first-order valence-corrected chi connectivity index (χ1v) is 8.05. The number of nitrogens with zero attached hydrogens (tertiary/aromatic N) is 1. The number of amides is 1. The second-order valence-corrected chi connectivity index (χ2v) is 6.25. The third-order valence-corrected chi connectivity index (χ3v) is 4.64. The van der Waals surface area contributed by atoms with Gasteiger partial charge in [0.25, 0.3) is 0 Å². The van der Waals surface area contributed by atoms with Crippen LogP contribution in [0.3, 0.4) is 0 Å². The summed E-state index contributed by atoms with van der Waals surface area (Å²) in [6, 6.07) is 3.96. The fourth-order valence-electron chi connectivity index (χ4n) is 2.69. The second kappa shape index (κ2) is 6.22. The Labute approximate surface area is 122 Å². The van der Waals surface area contributed by atoms with Gasteiger partial charge in [0.05, 0.1) is 18.7 Å². The zero-order chi connectivity index (χ0) is 13.8. The Bertz CT molecular complexity index is 574. The summed E-state index contributed by atoms with van der Waals surface area (Å²) in [5, 5.41) is 12.5.